The molecule has 7 nitrogen and oxygen atoms in total. The standard InChI is InChI=1S/C17H25BN2O5S/c1-12(21)20-11-14(18-24-16(2,3)17(4,5)25-18)9-13-7-6-8-15(10-13)26(19,22)23/h6-10H,11H2,1-5H3,(H,20,21)(H2,19,22,23). The minimum Gasteiger partial charge on any atom is -0.400 e. The quantitative estimate of drug-likeness (QED) is 0.753. The van der Waals surface area contributed by atoms with Crippen LogP contribution in [0.3, 0.4) is 0 Å². The van der Waals surface area contributed by atoms with Crippen molar-refractivity contribution < 1.29 is 22.5 Å². The van der Waals surface area contributed by atoms with E-state index in [0.29, 0.717) is 11.0 Å². The fraction of sp³-hybridized carbons (Fsp3) is 0.471. The maximum atomic E-state index is 11.6. The Labute approximate surface area is 155 Å². The number of carbonyl (C=O) groups excluding carboxylic acids is 1. The first-order chi connectivity index (χ1) is 11.8. The van der Waals surface area contributed by atoms with Crippen LogP contribution in [0.15, 0.2) is 34.6 Å². The Balaban J connectivity index is 2.40. The molecular formula is C17H25BN2O5S. The molecule has 1 aromatic carbocycles. The highest BCUT2D eigenvalue weighted by Gasteiger charge is 2.52. The van der Waals surface area contributed by atoms with Crippen molar-refractivity contribution in [3.05, 3.63) is 35.3 Å². The van der Waals surface area contributed by atoms with Gasteiger partial charge in [-0.15, -0.1) is 0 Å². The zero-order valence-corrected chi connectivity index (χ0v) is 16.5. The first-order valence-corrected chi connectivity index (χ1v) is 9.80. The summed E-state index contributed by atoms with van der Waals surface area (Å²) in [6.45, 7) is 9.37. The van der Waals surface area contributed by atoms with E-state index in [9.17, 15) is 13.2 Å². The summed E-state index contributed by atoms with van der Waals surface area (Å²) < 4.78 is 35.2. The number of nitrogens with one attached hydrogen (secondary N) is 1. The first kappa shape index (κ1) is 20.6. The van der Waals surface area contributed by atoms with Gasteiger partial charge in [-0.1, -0.05) is 18.2 Å². The van der Waals surface area contributed by atoms with Crippen LogP contribution in [0.25, 0.3) is 6.08 Å². The number of benzene rings is 1. The van der Waals surface area contributed by atoms with Crippen molar-refractivity contribution >= 4 is 29.1 Å². The van der Waals surface area contributed by atoms with Crippen LogP contribution in [0.4, 0.5) is 0 Å². The lowest BCUT2D eigenvalue weighted by Crippen LogP contribution is -2.41. The number of amides is 1. The third kappa shape index (κ3) is 4.73. The molecule has 1 amide bonds. The molecule has 0 radical (unpaired) electrons. The molecule has 0 atom stereocenters. The van der Waals surface area contributed by atoms with Gasteiger partial charge in [0, 0.05) is 13.5 Å². The van der Waals surface area contributed by atoms with E-state index in [1.165, 1.54) is 19.1 Å². The fourth-order valence-electron chi connectivity index (χ4n) is 2.42. The van der Waals surface area contributed by atoms with Crippen molar-refractivity contribution in [2.75, 3.05) is 6.54 Å². The van der Waals surface area contributed by atoms with Crippen molar-refractivity contribution in [2.45, 2.75) is 50.7 Å². The Morgan fingerprint density at radius 3 is 2.31 bits per heavy atom. The van der Waals surface area contributed by atoms with Gasteiger partial charge in [-0.05, 0) is 50.9 Å². The zero-order chi connectivity index (χ0) is 19.8. The van der Waals surface area contributed by atoms with Crippen molar-refractivity contribution in [3.8, 4) is 0 Å². The minimum absolute atomic E-state index is 0.0130. The van der Waals surface area contributed by atoms with E-state index in [1.807, 2.05) is 27.7 Å². The Hall–Kier alpha value is -1.68. The molecule has 9 heteroatoms. The van der Waals surface area contributed by atoms with Crippen LogP contribution in [0.1, 0.15) is 40.2 Å². The summed E-state index contributed by atoms with van der Waals surface area (Å²) in [5.74, 6) is -0.189. The van der Waals surface area contributed by atoms with E-state index in [4.69, 9.17) is 14.4 Å². The highest BCUT2D eigenvalue weighted by molar-refractivity contribution is 7.89. The first-order valence-electron chi connectivity index (χ1n) is 8.25. The molecule has 1 heterocycles. The molecule has 1 aromatic rings. The predicted octanol–water partition coefficient (Wildman–Crippen LogP) is 1.48. The van der Waals surface area contributed by atoms with Gasteiger partial charge in [0.25, 0.3) is 0 Å². The van der Waals surface area contributed by atoms with Crippen molar-refractivity contribution in [2.24, 2.45) is 5.14 Å². The lowest BCUT2D eigenvalue weighted by Gasteiger charge is -2.32. The van der Waals surface area contributed by atoms with Gasteiger partial charge < -0.3 is 14.6 Å². The van der Waals surface area contributed by atoms with Crippen LogP contribution in [0.5, 0.6) is 0 Å². The molecule has 1 saturated heterocycles. The van der Waals surface area contributed by atoms with Crippen LogP contribution >= 0.6 is 0 Å². The minimum atomic E-state index is -3.80. The van der Waals surface area contributed by atoms with E-state index < -0.39 is 28.3 Å². The van der Waals surface area contributed by atoms with Gasteiger partial charge in [0.05, 0.1) is 16.1 Å². The summed E-state index contributed by atoms with van der Waals surface area (Å²) in [5, 5.41) is 7.93. The molecule has 2 rings (SSSR count). The summed E-state index contributed by atoms with van der Waals surface area (Å²) >= 11 is 0. The van der Waals surface area contributed by atoms with Crippen LogP contribution in [0.2, 0.25) is 0 Å². The number of nitrogens with two attached hydrogens (primary N) is 1. The molecule has 26 heavy (non-hydrogen) atoms. The fourth-order valence-corrected chi connectivity index (χ4v) is 2.99. The van der Waals surface area contributed by atoms with E-state index >= 15 is 0 Å². The number of primary sulfonamides is 1. The molecular weight excluding hydrogens is 355 g/mol. The van der Waals surface area contributed by atoms with Crippen LogP contribution in [-0.2, 0) is 24.1 Å². The lowest BCUT2D eigenvalue weighted by atomic mass is 9.77. The van der Waals surface area contributed by atoms with Gasteiger partial charge in [-0.3, -0.25) is 4.79 Å². The van der Waals surface area contributed by atoms with Gasteiger partial charge >= 0.3 is 7.12 Å². The monoisotopic (exact) mass is 380 g/mol. The molecule has 0 bridgehead atoms. The Kier molecular flexibility index (Phi) is 5.67. The zero-order valence-electron chi connectivity index (χ0n) is 15.7. The molecule has 142 valence electrons. The third-order valence-corrected chi connectivity index (χ3v) is 5.55. The third-order valence-electron chi connectivity index (χ3n) is 4.64. The second-order valence-electron chi connectivity index (χ2n) is 7.33. The molecule has 0 spiro atoms. The smallest absolute Gasteiger partial charge is 0.400 e. The molecule has 1 aliphatic heterocycles. The van der Waals surface area contributed by atoms with E-state index in [2.05, 4.69) is 5.32 Å². The number of hydrogen-bond acceptors (Lipinski definition) is 5. The van der Waals surface area contributed by atoms with Crippen molar-refractivity contribution in [3.63, 3.8) is 0 Å². The Morgan fingerprint density at radius 1 is 1.23 bits per heavy atom. The second kappa shape index (κ2) is 7.15. The highest BCUT2D eigenvalue weighted by Crippen LogP contribution is 2.38. The molecule has 0 aliphatic carbocycles. The summed E-state index contributed by atoms with van der Waals surface area (Å²) in [6, 6.07) is 6.24. The topological polar surface area (TPSA) is 108 Å². The SMILES string of the molecule is CC(=O)NCC(=Cc1cccc(S(N)(=O)=O)c1)B1OC(C)(C)C(C)(C)O1. The van der Waals surface area contributed by atoms with E-state index in [0.717, 1.165) is 0 Å². The molecule has 0 aromatic heterocycles. The Morgan fingerprint density at radius 2 is 1.81 bits per heavy atom. The van der Waals surface area contributed by atoms with Gasteiger partial charge in [-0.25, -0.2) is 13.6 Å². The summed E-state index contributed by atoms with van der Waals surface area (Å²) in [7, 11) is -4.47. The summed E-state index contributed by atoms with van der Waals surface area (Å²) in [4.78, 5) is 11.4. The predicted molar refractivity (Wildman–Crippen MR) is 101 cm³/mol. The normalized spacial score (nSPS) is 19.5. The molecule has 1 aliphatic rings. The largest absolute Gasteiger partial charge is 0.492 e. The second-order valence-corrected chi connectivity index (χ2v) is 8.90. The lowest BCUT2D eigenvalue weighted by molar-refractivity contribution is -0.118. The van der Waals surface area contributed by atoms with Crippen LogP contribution in [-0.4, -0.2) is 39.2 Å². The van der Waals surface area contributed by atoms with Gasteiger partial charge in [0.2, 0.25) is 15.9 Å². The van der Waals surface area contributed by atoms with Gasteiger partial charge in [-0.2, -0.15) is 0 Å². The molecule has 3 N–H and O–H groups in total. The molecule has 1 fully saturated rings. The maximum Gasteiger partial charge on any atom is 0.492 e. The summed E-state index contributed by atoms with van der Waals surface area (Å²) in [6.07, 6.45) is 1.74. The van der Waals surface area contributed by atoms with Gasteiger partial charge in [0.15, 0.2) is 0 Å². The highest BCUT2D eigenvalue weighted by atomic mass is 32.2. The average Bonchev–Trinajstić information content (AvgIpc) is 2.71. The Bertz CT molecular complexity index is 817. The number of carbonyl (C=O) groups is 1. The maximum absolute atomic E-state index is 11.6. The van der Waals surface area contributed by atoms with Crippen LogP contribution < -0.4 is 10.5 Å². The number of hydrogen-bond donors (Lipinski definition) is 2. The van der Waals surface area contributed by atoms with Crippen LogP contribution in [0, 0.1) is 0 Å². The van der Waals surface area contributed by atoms with Crippen molar-refractivity contribution in [1.29, 1.82) is 0 Å². The van der Waals surface area contributed by atoms with Gasteiger partial charge in [0.1, 0.15) is 0 Å². The van der Waals surface area contributed by atoms with Crippen molar-refractivity contribution in [1.82, 2.24) is 5.32 Å². The number of rotatable bonds is 5. The average molecular weight is 380 g/mol. The van der Waals surface area contributed by atoms with E-state index in [-0.39, 0.29) is 17.3 Å². The molecule has 0 unspecified atom stereocenters. The summed E-state index contributed by atoms with van der Waals surface area (Å²) in [5.41, 5.74) is 0.224. The number of sulfonamides is 1. The molecule has 0 saturated carbocycles. The van der Waals surface area contributed by atoms with E-state index in [1.54, 1.807) is 18.2 Å².